The number of nitriles is 1. The molecule has 20 heavy (non-hydrogen) atoms. The molecule has 0 aliphatic heterocycles. The summed E-state index contributed by atoms with van der Waals surface area (Å²) in [6, 6.07) is 9.40. The number of nitrogens with zero attached hydrogens (tertiary/aromatic N) is 3. The Hall–Kier alpha value is -2.65. The highest BCUT2D eigenvalue weighted by molar-refractivity contribution is 6.30. The molecule has 0 amide bonds. The lowest BCUT2D eigenvalue weighted by Crippen LogP contribution is -2.02. The van der Waals surface area contributed by atoms with Gasteiger partial charge in [0.2, 0.25) is 0 Å². The van der Waals surface area contributed by atoms with Gasteiger partial charge in [-0.25, -0.2) is 4.98 Å². The Bertz CT molecular complexity index is 698. The Morgan fingerprint density at radius 2 is 2.25 bits per heavy atom. The molecule has 100 valence electrons. The van der Waals surface area contributed by atoms with Gasteiger partial charge in [0.1, 0.15) is 18.4 Å². The van der Waals surface area contributed by atoms with Crippen molar-refractivity contribution in [2.75, 3.05) is 0 Å². The third-order valence-electron chi connectivity index (χ3n) is 2.50. The van der Waals surface area contributed by atoms with Gasteiger partial charge in [-0.3, -0.25) is 10.1 Å². The molecule has 0 atom stereocenters. The van der Waals surface area contributed by atoms with Crippen molar-refractivity contribution >= 4 is 17.3 Å². The van der Waals surface area contributed by atoms with Crippen LogP contribution in [0.15, 0.2) is 36.5 Å². The van der Waals surface area contributed by atoms with Gasteiger partial charge in [0.05, 0.1) is 4.92 Å². The standard InChI is InChI=1S/C13H8ClN3O3/c14-10-3-4-13(12(6-10)17(18)19)20-8-9-2-1-5-16-11(9)7-15/h1-6H,8H2. The number of nitro benzene ring substituents is 1. The zero-order valence-electron chi connectivity index (χ0n) is 10.1. The van der Waals surface area contributed by atoms with Crippen molar-refractivity contribution in [1.82, 2.24) is 4.98 Å². The molecule has 0 saturated carbocycles. The second-order valence-corrected chi connectivity index (χ2v) is 4.22. The van der Waals surface area contributed by atoms with Crippen LogP contribution in [0.2, 0.25) is 5.02 Å². The number of hydrogen-bond donors (Lipinski definition) is 0. The summed E-state index contributed by atoms with van der Waals surface area (Å²) in [6.07, 6.45) is 1.49. The summed E-state index contributed by atoms with van der Waals surface area (Å²) in [7, 11) is 0. The highest BCUT2D eigenvalue weighted by Crippen LogP contribution is 2.30. The van der Waals surface area contributed by atoms with Crippen LogP contribution in [0, 0.1) is 21.4 Å². The first kappa shape index (κ1) is 13.8. The molecule has 1 heterocycles. The molecule has 0 aliphatic rings. The first-order valence-corrected chi connectivity index (χ1v) is 5.90. The van der Waals surface area contributed by atoms with Crippen molar-refractivity contribution in [2.24, 2.45) is 0 Å². The Morgan fingerprint density at radius 3 is 2.95 bits per heavy atom. The van der Waals surface area contributed by atoms with E-state index in [0.29, 0.717) is 5.56 Å². The van der Waals surface area contributed by atoms with Crippen LogP contribution < -0.4 is 4.74 Å². The molecule has 7 heteroatoms. The van der Waals surface area contributed by atoms with Gasteiger partial charge in [-0.05, 0) is 18.2 Å². The third-order valence-corrected chi connectivity index (χ3v) is 2.73. The molecule has 0 radical (unpaired) electrons. The summed E-state index contributed by atoms with van der Waals surface area (Å²) < 4.78 is 5.39. The third kappa shape index (κ3) is 3.02. The number of halogens is 1. The largest absolute Gasteiger partial charge is 0.482 e. The summed E-state index contributed by atoms with van der Waals surface area (Å²) in [5.74, 6) is 0.0899. The molecule has 0 aliphatic carbocycles. The zero-order chi connectivity index (χ0) is 14.5. The predicted octanol–water partition coefficient (Wildman–Crippen LogP) is 3.09. The van der Waals surface area contributed by atoms with Gasteiger partial charge in [0.25, 0.3) is 0 Å². The van der Waals surface area contributed by atoms with E-state index in [1.165, 1.54) is 24.4 Å². The minimum absolute atomic E-state index is 0.0131. The van der Waals surface area contributed by atoms with Gasteiger partial charge in [-0.1, -0.05) is 17.7 Å². The number of benzene rings is 1. The van der Waals surface area contributed by atoms with Crippen LogP contribution in [0.4, 0.5) is 5.69 Å². The second-order valence-electron chi connectivity index (χ2n) is 3.78. The number of ether oxygens (including phenoxy) is 1. The van der Waals surface area contributed by atoms with Crippen molar-refractivity contribution in [1.29, 1.82) is 5.26 Å². The molecule has 0 bridgehead atoms. The molecule has 0 N–H and O–H groups in total. The smallest absolute Gasteiger partial charge is 0.312 e. The quantitative estimate of drug-likeness (QED) is 0.637. The lowest BCUT2D eigenvalue weighted by molar-refractivity contribution is -0.385. The Labute approximate surface area is 119 Å². The predicted molar refractivity (Wildman–Crippen MR) is 71.4 cm³/mol. The number of aromatic nitrogens is 1. The van der Waals surface area contributed by atoms with Crippen molar-refractivity contribution in [2.45, 2.75) is 6.61 Å². The summed E-state index contributed by atoms with van der Waals surface area (Å²) >= 11 is 5.71. The van der Waals surface area contributed by atoms with Crippen LogP contribution in [-0.2, 0) is 6.61 Å². The van der Waals surface area contributed by atoms with Crippen molar-refractivity contribution in [3.05, 3.63) is 62.9 Å². The Kier molecular flexibility index (Phi) is 4.13. The number of rotatable bonds is 4. The van der Waals surface area contributed by atoms with Crippen LogP contribution in [0.3, 0.4) is 0 Å². The molecule has 0 fully saturated rings. The van der Waals surface area contributed by atoms with Gasteiger partial charge in [-0.15, -0.1) is 0 Å². The van der Waals surface area contributed by atoms with Crippen molar-refractivity contribution < 1.29 is 9.66 Å². The van der Waals surface area contributed by atoms with E-state index >= 15 is 0 Å². The number of hydrogen-bond acceptors (Lipinski definition) is 5. The van der Waals surface area contributed by atoms with E-state index in [4.69, 9.17) is 21.6 Å². The summed E-state index contributed by atoms with van der Waals surface area (Å²) in [5.41, 5.74) is 0.559. The average molecular weight is 290 g/mol. The fourth-order valence-electron chi connectivity index (χ4n) is 1.57. The van der Waals surface area contributed by atoms with Crippen LogP contribution in [0.25, 0.3) is 0 Å². The van der Waals surface area contributed by atoms with Crippen LogP contribution in [-0.4, -0.2) is 9.91 Å². The fourth-order valence-corrected chi connectivity index (χ4v) is 1.73. The van der Waals surface area contributed by atoms with Crippen molar-refractivity contribution in [3.63, 3.8) is 0 Å². The summed E-state index contributed by atoms with van der Waals surface area (Å²) in [5, 5.41) is 20.1. The molecule has 0 unspecified atom stereocenters. The molecule has 0 spiro atoms. The molecular weight excluding hydrogens is 282 g/mol. The van der Waals surface area contributed by atoms with E-state index in [-0.39, 0.29) is 28.8 Å². The molecule has 2 aromatic rings. The molecule has 0 saturated heterocycles. The minimum Gasteiger partial charge on any atom is -0.482 e. The maximum atomic E-state index is 10.9. The van der Waals surface area contributed by atoms with E-state index in [9.17, 15) is 10.1 Å². The molecule has 1 aromatic carbocycles. The first-order valence-electron chi connectivity index (χ1n) is 5.52. The first-order chi connectivity index (χ1) is 9.61. The Balaban J connectivity index is 2.24. The lowest BCUT2D eigenvalue weighted by Gasteiger charge is -2.07. The molecule has 1 aromatic heterocycles. The SMILES string of the molecule is N#Cc1ncccc1COc1ccc(Cl)cc1[N+](=O)[O-]. The van der Waals surface area contributed by atoms with Crippen LogP contribution in [0.1, 0.15) is 11.3 Å². The zero-order valence-corrected chi connectivity index (χ0v) is 10.9. The topological polar surface area (TPSA) is 89.0 Å². The van der Waals surface area contributed by atoms with Gasteiger partial charge >= 0.3 is 5.69 Å². The highest BCUT2D eigenvalue weighted by atomic mass is 35.5. The minimum atomic E-state index is -0.574. The maximum absolute atomic E-state index is 10.9. The van der Waals surface area contributed by atoms with Gasteiger partial charge in [-0.2, -0.15) is 5.26 Å². The van der Waals surface area contributed by atoms with E-state index in [1.54, 1.807) is 12.1 Å². The number of pyridine rings is 1. The Morgan fingerprint density at radius 1 is 1.45 bits per heavy atom. The van der Waals surface area contributed by atoms with E-state index in [0.717, 1.165) is 0 Å². The van der Waals surface area contributed by atoms with Gasteiger partial charge < -0.3 is 4.74 Å². The lowest BCUT2D eigenvalue weighted by atomic mass is 10.2. The second kappa shape index (κ2) is 5.99. The molecule has 2 rings (SSSR count). The summed E-state index contributed by atoms with van der Waals surface area (Å²) in [4.78, 5) is 14.2. The van der Waals surface area contributed by atoms with E-state index in [1.807, 2.05) is 6.07 Å². The maximum Gasteiger partial charge on any atom is 0.312 e. The molecular formula is C13H8ClN3O3. The van der Waals surface area contributed by atoms with E-state index in [2.05, 4.69) is 4.98 Å². The molecule has 6 nitrogen and oxygen atoms in total. The average Bonchev–Trinajstić information content (AvgIpc) is 2.46. The van der Waals surface area contributed by atoms with Gasteiger partial charge in [0.15, 0.2) is 5.75 Å². The monoisotopic (exact) mass is 289 g/mol. The number of nitro groups is 1. The van der Waals surface area contributed by atoms with Crippen LogP contribution >= 0.6 is 11.6 Å². The fraction of sp³-hybridized carbons (Fsp3) is 0.0769. The van der Waals surface area contributed by atoms with Crippen LogP contribution in [0.5, 0.6) is 5.75 Å². The van der Waals surface area contributed by atoms with Crippen molar-refractivity contribution in [3.8, 4) is 11.8 Å². The summed E-state index contributed by atoms with van der Waals surface area (Å²) in [6.45, 7) is 0.0131. The highest BCUT2D eigenvalue weighted by Gasteiger charge is 2.16. The van der Waals surface area contributed by atoms with E-state index < -0.39 is 4.92 Å². The van der Waals surface area contributed by atoms with Gasteiger partial charge in [0, 0.05) is 22.8 Å². The normalized spacial score (nSPS) is 9.80.